The van der Waals surface area contributed by atoms with Crippen molar-refractivity contribution in [1.82, 2.24) is 4.98 Å². The van der Waals surface area contributed by atoms with Crippen molar-refractivity contribution in [2.75, 3.05) is 24.3 Å². The van der Waals surface area contributed by atoms with E-state index in [0.717, 1.165) is 16.8 Å². The molecule has 2 aromatic rings. The zero-order valence-corrected chi connectivity index (χ0v) is 12.3. The smallest absolute Gasteiger partial charge is 0.259 e. The van der Waals surface area contributed by atoms with E-state index in [4.69, 9.17) is 0 Å². The van der Waals surface area contributed by atoms with Gasteiger partial charge in [-0.15, -0.1) is 0 Å². The lowest BCUT2D eigenvalue weighted by atomic mass is 10.1. The largest absolute Gasteiger partial charge is 0.362 e. The second kappa shape index (κ2) is 5.74. The van der Waals surface area contributed by atoms with Crippen molar-refractivity contribution in [1.29, 1.82) is 0 Å². The predicted molar refractivity (Wildman–Crippen MR) is 82.4 cm³/mol. The first kappa shape index (κ1) is 14.1. The first-order valence-corrected chi connectivity index (χ1v) is 6.50. The summed E-state index contributed by atoms with van der Waals surface area (Å²) in [5.74, 6) is 0.524. The number of carbonyl (C=O) groups is 1. The summed E-state index contributed by atoms with van der Waals surface area (Å²) in [7, 11) is 3.75. The number of rotatable bonds is 3. The van der Waals surface area contributed by atoms with Crippen LogP contribution in [0.3, 0.4) is 0 Å². The number of hydrogen-bond donors (Lipinski definition) is 1. The molecule has 0 aliphatic rings. The van der Waals surface area contributed by atoms with Crippen LogP contribution in [-0.2, 0) is 0 Å². The lowest BCUT2D eigenvalue weighted by molar-refractivity contribution is 0.102. The third kappa shape index (κ3) is 2.79. The average molecular weight is 269 g/mol. The van der Waals surface area contributed by atoms with Crippen LogP contribution in [0.25, 0.3) is 0 Å². The molecule has 0 aliphatic carbocycles. The number of anilines is 2. The summed E-state index contributed by atoms with van der Waals surface area (Å²) in [6.45, 7) is 3.97. The van der Waals surface area contributed by atoms with Crippen molar-refractivity contribution in [2.45, 2.75) is 13.8 Å². The highest BCUT2D eigenvalue weighted by Crippen LogP contribution is 2.22. The van der Waals surface area contributed by atoms with Crippen LogP contribution < -0.4 is 10.2 Å². The van der Waals surface area contributed by atoms with E-state index >= 15 is 0 Å². The number of hydrogen-bond acceptors (Lipinski definition) is 3. The molecule has 1 amide bonds. The van der Waals surface area contributed by atoms with Crippen molar-refractivity contribution in [3.8, 4) is 0 Å². The Morgan fingerprint density at radius 3 is 2.35 bits per heavy atom. The number of para-hydroxylation sites is 1. The molecule has 1 aromatic heterocycles. The zero-order chi connectivity index (χ0) is 14.7. The molecule has 1 heterocycles. The van der Waals surface area contributed by atoms with Crippen LogP contribution in [0.1, 0.15) is 21.5 Å². The van der Waals surface area contributed by atoms with Gasteiger partial charge in [0, 0.05) is 26.0 Å². The highest BCUT2D eigenvalue weighted by Gasteiger charge is 2.15. The number of amides is 1. The number of nitrogens with zero attached hydrogens (tertiary/aromatic N) is 2. The number of aryl methyl sites for hydroxylation is 2. The second-order valence-corrected chi connectivity index (χ2v) is 4.99. The van der Waals surface area contributed by atoms with Crippen LogP contribution in [0.15, 0.2) is 36.5 Å². The van der Waals surface area contributed by atoms with Crippen molar-refractivity contribution >= 4 is 17.4 Å². The molecule has 0 saturated carbocycles. The maximum absolute atomic E-state index is 12.5. The van der Waals surface area contributed by atoms with E-state index in [9.17, 15) is 4.79 Å². The summed E-state index contributed by atoms with van der Waals surface area (Å²) in [6.07, 6.45) is 1.69. The molecule has 20 heavy (non-hydrogen) atoms. The Bertz CT molecular complexity index is 615. The molecule has 0 atom stereocenters. The average Bonchev–Trinajstić information content (AvgIpc) is 2.43. The summed E-state index contributed by atoms with van der Waals surface area (Å²) >= 11 is 0. The number of aromatic nitrogens is 1. The highest BCUT2D eigenvalue weighted by molar-refractivity contribution is 6.08. The molecule has 0 saturated heterocycles. The summed E-state index contributed by atoms with van der Waals surface area (Å²) in [6, 6.07) is 9.50. The van der Waals surface area contributed by atoms with Crippen LogP contribution in [-0.4, -0.2) is 25.0 Å². The fourth-order valence-corrected chi connectivity index (χ4v) is 2.12. The molecular weight excluding hydrogens is 250 g/mol. The first-order chi connectivity index (χ1) is 9.50. The van der Waals surface area contributed by atoms with Crippen LogP contribution in [0.5, 0.6) is 0 Å². The van der Waals surface area contributed by atoms with E-state index in [1.165, 1.54) is 0 Å². The molecule has 0 bridgehead atoms. The fraction of sp³-hybridized carbons (Fsp3) is 0.250. The molecule has 0 unspecified atom stereocenters. The maximum atomic E-state index is 12.5. The highest BCUT2D eigenvalue weighted by atomic mass is 16.1. The van der Waals surface area contributed by atoms with Gasteiger partial charge in [-0.05, 0) is 37.1 Å². The molecule has 2 rings (SSSR count). The SMILES string of the molecule is Cc1cccc(C)c1NC(=O)c1cccnc1N(C)C. The van der Waals surface area contributed by atoms with Crippen LogP contribution >= 0.6 is 0 Å². The van der Waals surface area contributed by atoms with Crippen molar-refractivity contribution in [3.63, 3.8) is 0 Å². The van der Waals surface area contributed by atoms with Crippen LogP contribution in [0.4, 0.5) is 11.5 Å². The van der Waals surface area contributed by atoms with Gasteiger partial charge in [0.25, 0.3) is 5.91 Å². The Kier molecular flexibility index (Phi) is 4.03. The van der Waals surface area contributed by atoms with Gasteiger partial charge in [-0.3, -0.25) is 4.79 Å². The van der Waals surface area contributed by atoms with Crippen LogP contribution in [0, 0.1) is 13.8 Å². The third-order valence-corrected chi connectivity index (χ3v) is 3.17. The number of carbonyl (C=O) groups excluding carboxylic acids is 1. The number of pyridine rings is 1. The molecule has 0 spiro atoms. The topological polar surface area (TPSA) is 45.2 Å². The van der Waals surface area contributed by atoms with E-state index in [2.05, 4.69) is 10.3 Å². The van der Waals surface area contributed by atoms with Crippen LogP contribution in [0.2, 0.25) is 0 Å². The summed E-state index contributed by atoms with van der Waals surface area (Å²) < 4.78 is 0. The Balaban J connectivity index is 2.34. The van der Waals surface area contributed by atoms with Crippen molar-refractivity contribution in [3.05, 3.63) is 53.2 Å². The minimum atomic E-state index is -0.140. The van der Waals surface area contributed by atoms with Gasteiger partial charge >= 0.3 is 0 Å². The standard InChI is InChI=1S/C16H19N3O/c1-11-7-5-8-12(2)14(11)18-16(20)13-9-6-10-17-15(13)19(3)4/h5-10H,1-4H3,(H,18,20). The monoisotopic (exact) mass is 269 g/mol. The first-order valence-electron chi connectivity index (χ1n) is 6.50. The summed E-state index contributed by atoms with van der Waals surface area (Å²) in [5.41, 5.74) is 3.54. The Morgan fingerprint density at radius 1 is 1.10 bits per heavy atom. The predicted octanol–water partition coefficient (Wildman–Crippen LogP) is 3.02. The van der Waals surface area contributed by atoms with Gasteiger partial charge in [0.15, 0.2) is 0 Å². The molecule has 0 radical (unpaired) electrons. The van der Waals surface area contributed by atoms with Gasteiger partial charge in [-0.2, -0.15) is 0 Å². The summed E-state index contributed by atoms with van der Waals surface area (Å²) in [5, 5.41) is 2.98. The van der Waals surface area contributed by atoms with Gasteiger partial charge in [0.2, 0.25) is 0 Å². The molecule has 0 fully saturated rings. The number of nitrogens with one attached hydrogen (secondary N) is 1. The Hall–Kier alpha value is -2.36. The lowest BCUT2D eigenvalue weighted by Crippen LogP contribution is -2.20. The minimum absolute atomic E-state index is 0.140. The summed E-state index contributed by atoms with van der Waals surface area (Å²) in [4.78, 5) is 18.5. The van der Waals surface area contributed by atoms with Gasteiger partial charge in [-0.1, -0.05) is 18.2 Å². The zero-order valence-electron chi connectivity index (χ0n) is 12.3. The van der Waals surface area contributed by atoms with E-state index in [1.807, 2.05) is 51.0 Å². The molecular formula is C16H19N3O. The molecule has 104 valence electrons. The lowest BCUT2D eigenvalue weighted by Gasteiger charge is -2.16. The molecule has 1 aromatic carbocycles. The Labute approximate surface area is 119 Å². The van der Waals surface area contributed by atoms with Gasteiger partial charge < -0.3 is 10.2 Å². The van der Waals surface area contributed by atoms with E-state index in [-0.39, 0.29) is 5.91 Å². The molecule has 4 nitrogen and oxygen atoms in total. The van der Waals surface area contributed by atoms with E-state index < -0.39 is 0 Å². The quantitative estimate of drug-likeness (QED) is 0.931. The molecule has 1 N–H and O–H groups in total. The third-order valence-electron chi connectivity index (χ3n) is 3.17. The normalized spacial score (nSPS) is 10.2. The van der Waals surface area contributed by atoms with E-state index in [0.29, 0.717) is 11.4 Å². The maximum Gasteiger partial charge on any atom is 0.259 e. The van der Waals surface area contributed by atoms with Gasteiger partial charge in [-0.25, -0.2) is 4.98 Å². The van der Waals surface area contributed by atoms with Gasteiger partial charge in [0.05, 0.1) is 5.56 Å². The van der Waals surface area contributed by atoms with Gasteiger partial charge in [0.1, 0.15) is 5.82 Å². The second-order valence-electron chi connectivity index (χ2n) is 4.99. The van der Waals surface area contributed by atoms with Crippen molar-refractivity contribution < 1.29 is 4.79 Å². The number of benzene rings is 1. The molecule has 4 heteroatoms. The molecule has 0 aliphatic heterocycles. The fourth-order valence-electron chi connectivity index (χ4n) is 2.12. The van der Waals surface area contributed by atoms with Crippen molar-refractivity contribution in [2.24, 2.45) is 0 Å². The minimum Gasteiger partial charge on any atom is -0.362 e. The Morgan fingerprint density at radius 2 is 1.75 bits per heavy atom. The van der Waals surface area contributed by atoms with E-state index in [1.54, 1.807) is 18.3 Å².